The molecule has 11 heteroatoms. The van der Waals surface area contributed by atoms with Gasteiger partial charge in [-0.1, -0.05) is 40.7 Å². The lowest BCUT2D eigenvalue weighted by atomic mass is 10.1. The summed E-state index contributed by atoms with van der Waals surface area (Å²) >= 11 is 0. The highest BCUT2D eigenvalue weighted by molar-refractivity contribution is 5.76. The second kappa shape index (κ2) is 16.6. The Labute approximate surface area is 230 Å². The van der Waals surface area contributed by atoms with Crippen molar-refractivity contribution in [3.05, 3.63) is 23.8 Å². The van der Waals surface area contributed by atoms with Crippen molar-refractivity contribution >= 4 is 24.2 Å². The van der Waals surface area contributed by atoms with E-state index in [1.54, 1.807) is 26.8 Å². The van der Waals surface area contributed by atoms with Gasteiger partial charge in [-0.3, -0.25) is 9.59 Å². The van der Waals surface area contributed by atoms with Gasteiger partial charge in [0.15, 0.2) is 11.5 Å². The van der Waals surface area contributed by atoms with Crippen LogP contribution in [0.4, 0.5) is 9.59 Å². The largest absolute Gasteiger partial charge is 0.514 e. The lowest BCUT2D eigenvalue weighted by Gasteiger charge is -2.19. The maximum absolute atomic E-state index is 12.5. The molecule has 220 valence electrons. The molecule has 0 aliphatic carbocycles. The Morgan fingerprint density at radius 2 is 1.33 bits per heavy atom. The highest BCUT2D eigenvalue weighted by Gasteiger charge is 2.23. The normalized spacial score (nSPS) is 14.1. The Balaban J connectivity index is 2.97. The molecule has 0 aliphatic heterocycles. The van der Waals surface area contributed by atoms with Crippen molar-refractivity contribution in [1.29, 1.82) is 0 Å². The summed E-state index contributed by atoms with van der Waals surface area (Å²) in [6.07, 6.45) is -2.51. The zero-order valence-corrected chi connectivity index (χ0v) is 24.2. The van der Waals surface area contributed by atoms with Crippen LogP contribution in [-0.4, -0.2) is 55.2 Å². The van der Waals surface area contributed by atoms with Crippen LogP contribution in [0.25, 0.3) is 0 Å². The first kappa shape index (κ1) is 33.7. The molecule has 0 heterocycles. The summed E-state index contributed by atoms with van der Waals surface area (Å²) in [6, 6.07) is 3.31. The van der Waals surface area contributed by atoms with Crippen molar-refractivity contribution < 1.29 is 47.6 Å². The lowest BCUT2D eigenvalue weighted by Crippen LogP contribution is -2.37. The molecule has 0 saturated carbocycles. The van der Waals surface area contributed by atoms with E-state index in [-0.39, 0.29) is 48.8 Å². The van der Waals surface area contributed by atoms with Gasteiger partial charge >= 0.3 is 24.2 Å². The van der Waals surface area contributed by atoms with E-state index in [0.717, 1.165) is 0 Å². The number of benzene rings is 1. The van der Waals surface area contributed by atoms with Crippen LogP contribution in [0.3, 0.4) is 0 Å². The Bertz CT molecular complexity index is 962. The van der Waals surface area contributed by atoms with Crippen molar-refractivity contribution in [2.24, 2.45) is 17.6 Å². The fraction of sp³-hybridized carbons (Fsp3) is 0.643. The zero-order valence-electron chi connectivity index (χ0n) is 24.2. The number of esters is 2. The molecule has 1 aromatic carbocycles. The molecule has 1 rings (SSSR count). The van der Waals surface area contributed by atoms with E-state index in [0.29, 0.717) is 12.0 Å². The molecule has 0 fully saturated rings. The van der Waals surface area contributed by atoms with Crippen LogP contribution in [0.1, 0.15) is 73.8 Å². The minimum Gasteiger partial charge on any atom is -0.462 e. The Hall–Kier alpha value is -3.34. The summed E-state index contributed by atoms with van der Waals surface area (Å²) in [5, 5.41) is 0. The van der Waals surface area contributed by atoms with Gasteiger partial charge in [0, 0.05) is 6.42 Å². The van der Waals surface area contributed by atoms with Gasteiger partial charge in [0.1, 0.15) is 31.0 Å². The molecular weight excluding hydrogens is 510 g/mol. The third-order valence-corrected chi connectivity index (χ3v) is 5.85. The summed E-state index contributed by atoms with van der Waals surface area (Å²) in [5.74, 6) is -1.15. The standard InChI is InChI=1S/C28H43NO10/c1-9-10-25(30)34-15-18(6)35-26(31)22(29)13-21-11-12-23(38-27(32)36-19(7)16(2)3)24(14-21)39-28(33)37-20(8)17(4)5/h11-12,14,16-20,22H,9-10,13,15,29H2,1-8H3/t18-,19?,20?,22-/m0/s1. The molecule has 0 aromatic heterocycles. The third-order valence-electron chi connectivity index (χ3n) is 5.85. The molecule has 0 amide bonds. The number of hydrogen-bond acceptors (Lipinski definition) is 11. The quantitative estimate of drug-likeness (QED) is 0.189. The summed E-state index contributed by atoms with van der Waals surface area (Å²) < 4.78 is 31.5. The van der Waals surface area contributed by atoms with Crippen LogP contribution >= 0.6 is 0 Å². The number of hydrogen-bond donors (Lipinski definition) is 1. The fourth-order valence-corrected chi connectivity index (χ4v) is 2.79. The van der Waals surface area contributed by atoms with Gasteiger partial charge in [0.2, 0.25) is 0 Å². The summed E-state index contributed by atoms with van der Waals surface area (Å²) in [7, 11) is 0. The summed E-state index contributed by atoms with van der Waals surface area (Å²) in [6.45, 7) is 14.4. The average molecular weight is 554 g/mol. The van der Waals surface area contributed by atoms with Crippen LogP contribution < -0.4 is 15.2 Å². The molecule has 0 bridgehead atoms. The van der Waals surface area contributed by atoms with Crippen LogP contribution in [0.2, 0.25) is 0 Å². The van der Waals surface area contributed by atoms with Gasteiger partial charge in [-0.25, -0.2) is 9.59 Å². The highest BCUT2D eigenvalue weighted by atomic mass is 16.8. The molecule has 0 spiro atoms. The Morgan fingerprint density at radius 1 is 0.795 bits per heavy atom. The fourth-order valence-electron chi connectivity index (χ4n) is 2.79. The molecule has 0 radical (unpaired) electrons. The van der Waals surface area contributed by atoms with Crippen molar-refractivity contribution in [3.63, 3.8) is 0 Å². The van der Waals surface area contributed by atoms with Crippen molar-refractivity contribution in [2.45, 2.75) is 99.0 Å². The van der Waals surface area contributed by atoms with Crippen molar-refractivity contribution in [3.8, 4) is 11.5 Å². The molecule has 0 aliphatic rings. The SMILES string of the molecule is CCCC(=O)OC[C@H](C)OC(=O)[C@@H](N)Cc1ccc(OC(=O)OC(C)C(C)C)c(OC(=O)OC(C)C(C)C)c1. The third kappa shape index (κ3) is 12.8. The van der Waals surface area contributed by atoms with Crippen LogP contribution in [0, 0.1) is 11.8 Å². The van der Waals surface area contributed by atoms with E-state index in [1.807, 2.05) is 34.6 Å². The first-order chi connectivity index (χ1) is 18.2. The molecule has 39 heavy (non-hydrogen) atoms. The molecule has 1 aromatic rings. The minimum absolute atomic E-state index is 0.0179. The first-order valence-corrected chi connectivity index (χ1v) is 13.2. The number of rotatable bonds is 14. The van der Waals surface area contributed by atoms with E-state index < -0.39 is 42.6 Å². The smallest absolute Gasteiger partial charge is 0.462 e. The molecular formula is C28H43NO10. The zero-order chi connectivity index (χ0) is 29.7. The van der Waals surface area contributed by atoms with Crippen LogP contribution in [0.5, 0.6) is 11.5 Å². The van der Waals surface area contributed by atoms with Crippen molar-refractivity contribution in [1.82, 2.24) is 0 Å². The predicted octanol–water partition coefficient (Wildman–Crippen LogP) is 4.95. The molecule has 2 N–H and O–H groups in total. The summed E-state index contributed by atoms with van der Waals surface area (Å²) in [5.41, 5.74) is 6.53. The molecule has 0 saturated heterocycles. The minimum atomic E-state index is -1.07. The maximum Gasteiger partial charge on any atom is 0.514 e. The Morgan fingerprint density at radius 3 is 1.85 bits per heavy atom. The number of nitrogens with two attached hydrogens (primary N) is 1. The van der Waals surface area contributed by atoms with Gasteiger partial charge in [-0.2, -0.15) is 0 Å². The monoisotopic (exact) mass is 553 g/mol. The number of carbonyl (C=O) groups is 4. The lowest BCUT2D eigenvalue weighted by molar-refractivity contribution is -0.159. The average Bonchev–Trinajstić information content (AvgIpc) is 2.84. The van der Waals surface area contributed by atoms with E-state index in [9.17, 15) is 19.2 Å². The predicted molar refractivity (Wildman–Crippen MR) is 142 cm³/mol. The number of ether oxygens (including phenoxy) is 6. The highest BCUT2D eigenvalue weighted by Crippen LogP contribution is 2.30. The van der Waals surface area contributed by atoms with E-state index in [4.69, 9.17) is 34.2 Å². The van der Waals surface area contributed by atoms with E-state index in [2.05, 4.69) is 0 Å². The maximum atomic E-state index is 12.5. The Kier molecular flexibility index (Phi) is 14.3. The van der Waals surface area contributed by atoms with Gasteiger partial charge in [0.05, 0.1) is 0 Å². The van der Waals surface area contributed by atoms with Crippen LogP contribution in [-0.2, 0) is 35.0 Å². The van der Waals surface area contributed by atoms with Crippen molar-refractivity contribution in [2.75, 3.05) is 6.61 Å². The topological polar surface area (TPSA) is 150 Å². The van der Waals surface area contributed by atoms with E-state index >= 15 is 0 Å². The summed E-state index contributed by atoms with van der Waals surface area (Å²) in [4.78, 5) is 48.7. The molecule has 2 unspecified atom stereocenters. The molecule has 11 nitrogen and oxygen atoms in total. The number of carbonyl (C=O) groups excluding carboxylic acids is 4. The second-order valence-corrected chi connectivity index (χ2v) is 10.1. The van der Waals surface area contributed by atoms with Crippen LogP contribution in [0.15, 0.2) is 18.2 Å². The van der Waals surface area contributed by atoms with Gasteiger partial charge in [-0.15, -0.1) is 0 Å². The van der Waals surface area contributed by atoms with Gasteiger partial charge < -0.3 is 34.2 Å². The van der Waals surface area contributed by atoms with Gasteiger partial charge in [0.25, 0.3) is 0 Å². The first-order valence-electron chi connectivity index (χ1n) is 13.2. The second-order valence-electron chi connectivity index (χ2n) is 10.1. The molecule has 4 atom stereocenters. The van der Waals surface area contributed by atoms with Gasteiger partial charge in [-0.05, 0) is 63.1 Å². The van der Waals surface area contributed by atoms with E-state index in [1.165, 1.54) is 12.1 Å².